The van der Waals surface area contributed by atoms with Crippen molar-refractivity contribution in [2.45, 2.75) is 18.7 Å². The molecule has 1 heterocycles. The minimum absolute atomic E-state index is 0.0198. The third-order valence-corrected chi connectivity index (χ3v) is 4.82. The minimum atomic E-state index is -5.82. The van der Waals surface area contributed by atoms with Gasteiger partial charge in [0.25, 0.3) is 5.91 Å². The lowest BCUT2D eigenvalue weighted by Crippen LogP contribution is -2.41. The Morgan fingerprint density at radius 2 is 1.73 bits per heavy atom. The molecule has 0 saturated carbocycles. The molecule has 0 aliphatic rings. The predicted octanol–water partition coefficient (Wildman–Crippen LogP) is 4.37. The summed E-state index contributed by atoms with van der Waals surface area (Å²) in [6, 6.07) is 2.68. The summed E-state index contributed by atoms with van der Waals surface area (Å²) in [4.78, 5) is 15.3. The Labute approximate surface area is 192 Å². The van der Waals surface area contributed by atoms with Crippen molar-refractivity contribution < 1.29 is 49.0 Å². The van der Waals surface area contributed by atoms with Gasteiger partial charge in [-0.05, 0) is 12.1 Å². The average molecular weight is 541 g/mol. The first-order valence-electron chi connectivity index (χ1n) is 8.36. The Balaban J connectivity index is 2.09. The zero-order valence-electron chi connectivity index (χ0n) is 16.1. The van der Waals surface area contributed by atoms with Crippen LogP contribution in [-0.4, -0.2) is 44.3 Å². The molecule has 1 N–H and O–H groups in total. The molecule has 1 amide bonds. The number of aromatic nitrogens is 1. The van der Waals surface area contributed by atoms with Crippen LogP contribution in [0.4, 0.5) is 26.3 Å². The zero-order chi connectivity index (χ0) is 25.2. The lowest BCUT2D eigenvalue weighted by molar-refractivity contribution is -0.290. The number of pyridine rings is 1. The van der Waals surface area contributed by atoms with Crippen LogP contribution in [0.2, 0.25) is 10.0 Å². The molecule has 0 bridgehead atoms. The van der Waals surface area contributed by atoms with Crippen molar-refractivity contribution in [1.29, 1.82) is 0 Å². The largest absolute Gasteiger partial charge is 0.487 e. The molecule has 7 nitrogen and oxygen atoms in total. The number of nitrogens with zero attached hydrogens (tertiary/aromatic N) is 1. The lowest BCUT2D eigenvalue weighted by Gasteiger charge is -2.19. The van der Waals surface area contributed by atoms with Gasteiger partial charge in [-0.1, -0.05) is 23.2 Å². The highest BCUT2D eigenvalue weighted by Crippen LogP contribution is 2.36. The topological polar surface area (TPSA) is 94.6 Å². The second-order valence-corrected chi connectivity index (χ2v) is 8.93. The van der Waals surface area contributed by atoms with E-state index >= 15 is 0 Å². The van der Waals surface area contributed by atoms with E-state index in [0.29, 0.717) is 6.26 Å². The summed E-state index contributed by atoms with van der Waals surface area (Å²) in [5.74, 6) is -8.29. The molecule has 0 unspecified atom stereocenters. The van der Waals surface area contributed by atoms with Crippen molar-refractivity contribution in [2.75, 3.05) is 12.9 Å². The summed E-state index contributed by atoms with van der Waals surface area (Å²) in [6.07, 6.45) is -4.23. The number of halogens is 8. The number of benzene rings is 1. The maximum Gasteiger partial charge on any atom is 0.456 e. The first kappa shape index (κ1) is 26.8. The van der Waals surface area contributed by atoms with Gasteiger partial charge in [0.2, 0.25) is 15.9 Å². The van der Waals surface area contributed by atoms with Gasteiger partial charge in [-0.3, -0.25) is 4.79 Å². The summed E-state index contributed by atoms with van der Waals surface area (Å²) in [6.45, 7) is -2.45. The fourth-order valence-electron chi connectivity index (χ4n) is 2.09. The number of rotatable bonds is 8. The molecular weight excluding hydrogens is 529 g/mol. The number of carbonyl (C=O) groups excluding carboxylic acids is 1. The highest BCUT2D eigenvalue weighted by atomic mass is 35.5. The summed E-state index contributed by atoms with van der Waals surface area (Å²) in [5, 5.41) is -0.612. The molecule has 33 heavy (non-hydrogen) atoms. The molecule has 2 aromatic rings. The highest BCUT2D eigenvalue weighted by Gasteiger charge is 2.58. The third kappa shape index (κ3) is 7.27. The van der Waals surface area contributed by atoms with E-state index < -0.39 is 63.5 Å². The van der Waals surface area contributed by atoms with Crippen LogP contribution in [0, 0.1) is 5.82 Å². The van der Waals surface area contributed by atoms with Gasteiger partial charge >= 0.3 is 12.1 Å². The van der Waals surface area contributed by atoms with Crippen LogP contribution in [0.3, 0.4) is 0 Å². The smallest absolute Gasteiger partial charge is 0.456 e. The first-order chi connectivity index (χ1) is 15.0. The summed E-state index contributed by atoms with van der Waals surface area (Å²) in [5.41, 5.74) is -0.623. The second kappa shape index (κ2) is 9.81. The van der Waals surface area contributed by atoms with Gasteiger partial charge in [-0.2, -0.15) is 22.0 Å². The number of ether oxygens (including phenoxy) is 2. The van der Waals surface area contributed by atoms with Crippen LogP contribution in [0.15, 0.2) is 24.4 Å². The molecule has 16 heteroatoms. The van der Waals surface area contributed by atoms with Gasteiger partial charge in [0, 0.05) is 16.7 Å². The van der Waals surface area contributed by atoms with Gasteiger partial charge in [0.05, 0.1) is 18.0 Å². The van der Waals surface area contributed by atoms with E-state index in [1.165, 1.54) is 0 Å². The normalized spacial score (nSPS) is 12.4. The highest BCUT2D eigenvalue weighted by molar-refractivity contribution is 7.89. The van der Waals surface area contributed by atoms with Gasteiger partial charge in [0.15, 0.2) is 6.61 Å². The monoisotopic (exact) mass is 540 g/mol. The predicted molar refractivity (Wildman–Crippen MR) is 104 cm³/mol. The fourth-order valence-corrected chi connectivity index (χ4v) is 2.97. The van der Waals surface area contributed by atoms with Crippen LogP contribution >= 0.6 is 23.2 Å². The molecule has 2 rings (SSSR count). The molecule has 0 radical (unpaired) electrons. The van der Waals surface area contributed by atoms with E-state index in [0.717, 1.165) is 24.4 Å². The van der Waals surface area contributed by atoms with Crippen LogP contribution in [0.5, 0.6) is 11.6 Å². The Bertz CT molecular complexity index is 1160. The number of alkyl halides is 5. The zero-order valence-corrected chi connectivity index (χ0v) is 18.5. The lowest BCUT2D eigenvalue weighted by atomic mass is 10.1. The molecule has 0 aliphatic carbocycles. The van der Waals surface area contributed by atoms with Crippen molar-refractivity contribution in [3.63, 3.8) is 0 Å². The van der Waals surface area contributed by atoms with Gasteiger partial charge in [-0.15, -0.1) is 0 Å². The fraction of sp³-hybridized carbons (Fsp3) is 0.294. The Kier molecular flexibility index (Phi) is 7.97. The molecule has 0 aliphatic heterocycles. The van der Waals surface area contributed by atoms with Crippen LogP contribution < -0.4 is 14.2 Å². The van der Waals surface area contributed by atoms with Gasteiger partial charge in [-0.25, -0.2) is 22.5 Å². The van der Waals surface area contributed by atoms with Crippen molar-refractivity contribution >= 4 is 39.1 Å². The number of amides is 1. The molecule has 1 aromatic carbocycles. The Hall–Kier alpha value is -2.45. The summed E-state index contributed by atoms with van der Waals surface area (Å²) in [7, 11) is -3.95. The van der Waals surface area contributed by atoms with Crippen molar-refractivity contribution in [3.05, 3.63) is 51.4 Å². The quantitative estimate of drug-likeness (QED) is 0.499. The van der Waals surface area contributed by atoms with Crippen molar-refractivity contribution in [3.8, 4) is 11.6 Å². The number of nitrogens with one attached hydrogen (secondary N) is 1. The minimum Gasteiger partial charge on any atom is -0.487 e. The summed E-state index contributed by atoms with van der Waals surface area (Å²) < 4.78 is 110. The number of hydrogen-bond acceptors (Lipinski definition) is 6. The van der Waals surface area contributed by atoms with Crippen LogP contribution in [0.25, 0.3) is 0 Å². The molecule has 0 fully saturated rings. The molecule has 0 saturated heterocycles. The molecule has 1 aromatic heterocycles. The van der Waals surface area contributed by atoms with E-state index in [2.05, 4.69) is 9.72 Å². The van der Waals surface area contributed by atoms with Crippen molar-refractivity contribution in [2.24, 2.45) is 0 Å². The Morgan fingerprint density at radius 3 is 2.27 bits per heavy atom. The molecule has 0 atom stereocenters. The average Bonchev–Trinajstić information content (AvgIpc) is 2.65. The number of hydrogen-bond donors (Lipinski definition) is 1. The number of carbonyl (C=O) groups is 1. The van der Waals surface area contributed by atoms with Gasteiger partial charge < -0.3 is 9.47 Å². The van der Waals surface area contributed by atoms with E-state index in [9.17, 15) is 39.6 Å². The van der Waals surface area contributed by atoms with E-state index in [4.69, 9.17) is 27.9 Å². The van der Waals surface area contributed by atoms with Gasteiger partial charge in [0.1, 0.15) is 23.2 Å². The third-order valence-electron chi connectivity index (χ3n) is 3.64. The standard InChI is InChI=1S/C17H12Cl2F6N2O5S/c1-33(29,30)27-14(28)10-4-11(18)8(2-13(10)20)6-31-9-3-12(19)15(26-5-9)32-7-16(21,22)17(23,24)25/h2-5H,6-7H2,1H3,(H,27,28). The Morgan fingerprint density at radius 1 is 1.09 bits per heavy atom. The maximum atomic E-state index is 14.2. The first-order valence-corrected chi connectivity index (χ1v) is 11.0. The second-order valence-electron chi connectivity index (χ2n) is 6.36. The van der Waals surface area contributed by atoms with E-state index in [-0.39, 0.29) is 16.3 Å². The van der Waals surface area contributed by atoms with Crippen LogP contribution in [0.1, 0.15) is 15.9 Å². The maximum absolute atomic E-state index is 14.2. The SMILES string of the molecule is CS(=O)(=O)NC(=O)c1cc(Cl)c(COc2cnc(OCC(F)(F)C(F)(F)F)c(Cl)c2)cc1F. The van der Waals surface area contributed by atoms with Crippen molar-refractivity contribution in [1.82, 2.24) is 9.71 Å². The summed E-state index contributed by atoms with van der Waals surface area (Å²) >= 11 is 11.7. The van der Waals surface area contributed by atoms with E-state index in [1.807, 2.05) is 0 Å². The van der Waals surface area contributed by atoms with E-state index in [1.54, 1.807) is 4.72 Å². The molecule has 0 spiro atoms. The molecule has 182 valence electrons. The molecular formula is C17H12Cl2F6N2O5S. The number of sulfonamides is 1. The van der Waals surface area contributed by atoms with Crippen LogP contribution in [-0.2, 0) is 16.6 Å².